The van der Waals surface area contributed by atoms with Gasteiger partial charge in [-0.3, -0.25) is 4.79 Å². The first kappa shape index (κ1) is 18.5. The second-order valence-electron chi connectivity index (χ2n) is 7.51. The number of nitrogens with one attached hydrogen (secondary N) is 1. The number of likely N-dealkylation sites (tertiary alicyclic amines) is 1. The van der Waals surface area contributed by atoms with Crippen molar-refractivity contribution in [1.29, 1.82) is 0 Å². The lowest BCUT2D eigenvalue weighted by molar-refractivity contribution is -0.138. The first-order chi connectivity index (χ1) is 13.5. The lowest BCUT2D eigenvalue weighted by atomic mass is 9.98. The number of hydrogen-bond acceptors (Lipinski definition) is 4. The number of hydrogen-bond donors (Lipinski definition) is 2. The Balaban J connectivity index is 1.42. The van der Waals surface area contributed by atoms with E-state index in [9.17, 15) is 9.59 Å². The van der Waals surface area contributed by atoms with Gasteiger partial charge in [0.15, 0.2) is 0 Å². The third-order valence-electron chi connectivity index (χ3n) is 5.85. The maximum Gasteiger partial charge on any atom is 0.407 e. The van der Waals surface area contributed by atoms with E-state index in [1.807, 2.05) is 36.2 Å². The van der Waals surface area contributed by atoms with Gasteiger partial charge in [0, 0.05) is 24.5 Å². The van der Waals surface area contributed by atoms with Crippen molar-refractivity contribution in [1.82, 2.24) is 10.2 Å². The highest BCUT2D eigenvalue weighted by Gasteiger charge is 2.35. The molecule has 1 saturated heterocycles. The molecule has 1 fully saturated rings. The molecule has 1 heterocycles. The molecule has 1 aliphatic heterocycles. The zero-order valence-electron chi connectivity index (χ0n) is 15.8. The average molecular weight is 380 g/mol. The molecular weight excluding hydrogens is 356 g/mol. The number of alkyl carbamates (subject to hydrolysis) is 1. The number of fused-ring (bicyclic) bond motifs is 3. The number of rotatable bonds is 5. The number of amides is 1. The number of carboxylic acids is 1. The first-order valence-corrected chi connectivity index (χ1v) is 9.58. The van der Waals surface area contributed by atoms with Crippen LogP contribution in [0.4, 0.5) is 4.79 Å². The molecule has 2 aliphatic rings. The van der Waals surface area contributed by atoms with Crippen molar-refractivity contribution >= 4 is 12.1 Å². The molecule has 0 aromatic heterocycles. The van der Waals surface area contributed by atoms with Crippen LogP contribution in [0.1, 0.15) is 29.9 Å². The van der Waals surface area contributed by atoms with Crippen LogP contribution in [0, 0.1) is 0 Å². The van der Waals surface area contributed by atoms with Gasteiger partial charge >= 0.3 is 12.1 Å². The van der Waals surface area contributed by atoms with Crippen molar-refractivity contribution in [2.75, 3.05) is 20.2 Å². The Morgan fingerprint density at radius 2 is 1.71 bits per heavy atom. The summed E-state index contributed by atoms with van der Waals surface area (Å²) >= 11 is 0. The van der Waals surface area contributed by atoms with E-state index in [-0.39, 0.29) is 31.0 Å². The number of benzene rings is 2. The molecule has 2 N–H and O–H groups in total. The Kier molecular flexibility index (Phi) is 5.05. The molecule has 28 heavy (non-hydrogen) atoms. The molecule has 2 aromatic carbocycles. The van der Waals surface area contributed by atoms with E-state index in [2.05, 4.69) is 29.6 Å². The van der Waals surface area contributed by atoms with Crippen LogP contribution in [-0.2, 0) is 9.53 Å². The first-order valence-electron chi connectivity index (χ1n) is 9.58. The third kappa shape index (κ3) is 3.47. The van der Waals surface area contributed by atoms with Crippen LogP contribution in [-0.4, -0.2) is 54.4 Å². The Bertz CT molecular complexity index is 852. The number of carbonyl (C=O) groups excluding carboxylic acids is 1. The maximum absolute atomic E-state index is 12.4. The van der Waals surface area contributed by atoms with E-state index in [0.29, 0.717) is 0 Å². The lowest BCUT2D eigenvalue weighted by Crippen LogP contribution is -2.45. The molecule has 0 spiro atoms. The lowest BCUT2D eigenvalue weighted by Gasteiger charge is -2.24. The maximum atomic E-state index is 12.4. The van der Waals surface area contributed by atoms with E-state index in [0.717, 1.165) is 13.0 Å². The van der Waals surface area contributed by atoms with Crippen molar-refractivity contribution in [3.05, 3.63) is 59.7 Å². The Morgan fingerprint density at radius 1 is 1.11 bits per heavy atom. The Morgan fingerprint density at radius 3 is 2.32 bits per heavy atom. The van der Waals surface area contributed by atoms with Gasteiger partial charge in [-0.2, -0.15) is 0 Å². The van der Waals surface area contributed by atoms with Gasteiger partial charge in [-0.1, -0.05) is 48.5 Å². The zero-order chi connectivity index (χ0) is 19.7. The molecule has 146 valence electrons. The molecular formula is C22H24N2O4. The molecule has 1 aliphatic carbocycles. The van der Waals surface area contributed by atoms with Crippen LogP contribution in [0.15, 0.2) is 48.5 Å². The van der Waals surface area contributed by atoms with Crippen molar-refractivity contribution in [2.45, 2.75) is 30.8 Å². The topological polar surface area (TPSA) is 78.9 Å². The fourth-order valence-electron chi connectivity index (χ4n) is 4.44. The van der Waals surface area contributed by atoms with Crippen molar-refractivity contribution in [3.8, 4) is 11.1 Å². The van der Waals surface area contributed by atoms with Gasteiger partial charge in [0.05, 0.1) is 6.42 Å². The molecule has 6 nitrogen and oxygen atoms in total. The SMILES string of the molecule is CN1CC[C@H](NC(=O)OCC2c3ccccc3-c3ccccc32)[C@H]1CC(=O)O. The molecule has 2 atom stereocenters. The highest BCUT2D eigenvalue weighted by atomic mass is 16.5. The van der Waals surface area contributed by atoms with Crippen LogP contribution in [0.3, 0.4) is 0 Å². The summed E-state index contributed by atoms with van der Waals surface area (Å²) in [6.45, 7) is 1.01. The molecule has 6 heteroatoms. The van der Waals surface area contributed by atoms with E-state index in [4.69, 9.17) is 9.84 Å². The monoisotopic (exact) mass is 380 g/mol. The summed E-state index contributed by atoms with van der Waals surface area (Å²) in [5, 5.41) is 12.0. The summed E-state index contributed by atoms with van der Waals surface area (Å²) in [4.78, 5) is 25.5. The van der Waals surface area contributed by atoms with Crippen molar-refractivity contribution < 1.29 is 19.4 Å². The van der Waals surface area contributed by atoms with Gasteiger partial charge in [0.1, 0.15) is 6.61 Å². The minimum atomic E-state index is -0.863. The summed E-state index contributed by atoms with van der Waals surface area (Å²) in [5.41, 5.74) is 4.71. The predicted octanol–water partition coefficient (Wildman–Crippen LogP) is 3.07. The molecule has 4 rings (SSSR count). The van der Waals surface area contributed by atoms with Crippen LogP contribution in [0.25, 0.3) is 11.1 Å². The Labute approximate surface area is 164 Å². The molecule has 2 aromatic rings. The highest BCUT2D eigenvalue weighted by molar-refractivity contribution is 5.79. The molecule has 0 saturated carbocycles. The standard InChI is InChI=1S/C22H24N2O4/c1-24-11-10-19(20(24)12-21(25)26)23-22(27)28-13-18-16-8-4-2-6-14(16)15-7-3-5-9-17(15)18/h2-9,18-20H,10-13H2,1H3,(H,23,27)(H,25,26)/t19-,20+/m0/s1. The van der Waals surface area contributed by atoms with Crippen LogP contribution in [0.2, 0.25) is 0 Å². The average Bonchev–Trinajstić information content (AvgIpc) is 3.18. The highest BCUT2D eigenvalue weighted by Crippen LogP contribution is 2.44. The predicted molar refractivity (Wildman–Crippen MR) is 105 cm³/mol. The molecule has 0 radical (unpaired) electrons. The number of ether oxygens (including phenoxy) is 1. The largest absolute Gasteiger partial charge is 0.481 e. The van der Waals surface area contributed by atoms with Gasteiger partial charge in [-0.25, -0.2) is 4.79 Å². The fraction of sp³-hybridized carbons (Fsp3) is 0.364. The summed E-state index contributed by atoms with van der Waals surface area (Å²) < 4.78 is 5.57. The van der Waals surface area contributed by atoms with Crippen molar-refractivity contribution in [3.63, 3.8) is 0 Å². The summed E-state index contributed by atoms with van der Waals surface area (Å²) in [6.07, 6.45) is 0.237. The quantitative estimate of drug-likeness (QED) is 0.833. The van der Waals surface area contributed by atoms with Gasteiger partial charge in [0.2, 0.25) is 0 Å². The smallest absolute Gasteiger partial charge is 0.407 e. The number of carbonyl (C=O) groups is 2. The number of nitrogens with zero attached hydrogens (tertiary/aromatic N) is 1. The number of aliphatic carboxylic acids is 1. The normalized spacial score (nSPS) is 21.2. The minimum Gasteiger partial charge on any atom is -0.481 e. The number of likely N-dealkylation sites (N-methyl/N-ethyl adjacent to an activating group) is 1. The fourth-order valence-corrected chi connectivity index (χ4v) is 4.44. The number of carboxylic acid groups (broad SMARTS) is 1. The van der Waals surface area contributed by atoms with E-state index < -0.39 is 12.1 Å². The second-order valence-corrected chi connectivity index (χ2v) is 7.51. The summed E-state index contributed by atoms with van der Waals surface area (Å²) in [7, 11) is 1.88. The zero-order valence-corrected chi connectivity index (χ0v) is 15.8. The molecule has 0 bridgehead atoms. The second kappa shape index (κ2) is 7.64. The molecule has 0 unspecified atom stereocenters. The van der Waals surface area contributed by atoms with Crippen LogP contribution in [0.5, 0.6) is 0 Å². The van der Waals surface area contributed by atoms with Crippen LogP contribution < -0.4 is 5.32 Å². The minimum absolute atomic E-state index is 0.00478. The van der Waals surface area contributed by atoms with E-state index in [1.54, 1.807) is 0 Å². The third-order valence-corrected chi connectivity index (χ3v) is 5.85. The van der Waals surface area contributed by atoms with Crippen LogP contribution >= 0.6 is 0 Å². The van der Waals surface area contributed by atoms with Gasteiger partial charge in [0.25, 0.3) is 0 Å². The van der Waals surface area contributed by atoms with Gasteiger partial charge < -0.3 is 20.1 Å². The van der Waals surface area contributed by atoms with E-state index >= 15 is 0 Å². The molecule has 1 amide bonds. The van der Waals surface area contributed by atoms with Crippen molar-refractivity contribution in [2.24, 2.45) is 0 Å². The summed E-state index contributed by atoms with van der Waals surface area (Å²) in [5.74, 6) is -0.850. The van der Waals surface area contributed by atoms with Gasteiger partial charge in [-0.05, 0) is 35.7 Å². The van der Waals surface area contributed by atoms with E-state index in [1.165, 1.54) is 22.3 Å². The van der Waals surface area contributed by atoms with Gasteiger partial charge in [-0.15, -0.1) is 0 Å². The summed E-state index contributed by atoms with van der Waals surface area (Å²) in [6, 6.07) is 16.0. The Hall–Kier alpha value is -2.86.